The first-order valence-electron chi connectivity index (χ1n) is 25.6. The van der Waals surface area contributed by atoms with Crippen molar-refractivity contribution in [3.05, 3.63) is 36.5 Å². The van der Waals surface area contributed by atoms with Crippen molar-refractivity contribution in [3.8, 4) is 0 Å². The van der Waals surface area contributed by atoms with Crippen LogP contribution in [0, 0.1) is 0 Å². The van der Waals surface area contributed by atoms with Gasteiger partial charge in [-0.15, -0.1) is 0 Å². The highest BCUT2D eigenvalue weighted by Gasteiger charge is 2.44. The number of hydrogen-bond acceptors (Lipinski definition) is 9. The van der Waals surface area contributed by atoms with Crippen molar-refractivity contribution < 1.29 is 44.2 Å². The van der Waals surface area contributed by atoms with Crippen LogP contribution in [-0.2, 0) is 23.7 Å². The zero-order valence-corrected chi connectivity index (χ0v) is 39.4. The smallest absolute Gasteiger partial charge is 0.306 e. The lowest BCUT2D eigenvalue weighted by atomic mass is 9.99. The van der Waals surface area contributed by atoms with Gasteiger partial charge in [0.1, 0.15) is 30.5 Å². The summed E-state index contributed by atoms with van der Waals surface area (Å²) < 4.78 is 22.9. The summed E-state index contributed by atoms with van der Waals surface area (Å²) in [5, 5.41) is 40.2. The van der Waals surface area contributed by atoms with E-state index >= 15 is 0 Å². The lowest BCUT2D eigenvalue weighted by Crippen LogP contribution is -2.59. The number of aliphatic hydroxyl groups is 4. The number of ether oxygens (including phenoxy) is 4. The SMILES string of the molecule is CCCCCCC/C=C\C/C=C\C/C=C\CCCCCCCCCCC(=O)OC(COCCCCCCCCCCCCCCCCC)COC1OC(CO)C(O)C(O)C1O. The zero-order valence-electron chi connectivity index (χ0n) is 39.4. The van der Waals surface area contributed by atoms with Crippen LogP contribution < -0.4 is 0 Å². The molecule has 0 bridgehead atoms. The van der Waals surface area contributed by atoms with E-state index in [1.54, 1.807) is 0 Å². The number of rotatable bonds is 44. The molecular weight excluding hydrogens is 769 g/mol. The number of unbranched alkanes of at least 4 members (excludes halogenated alkanes) is 27. The largest absolute Gasteiger partial charge is 0.457 e. The molecule has 4 N–H and O–H groups in total. The maximum absolute atomic E-state index is 12.8. The highest BCUT2D eigenvalue weighted by atomic mass is 16.7. The van der Waals surface area contributed by atoms with E-state index in [1.807, 2.05) is 0 Å². The van der Waals surface area contributed by atoms with E-state index < -0.39 is 43.4 Å². The van der Waals surface area contributed by atoms with Crippen LogP contribution in [0.15, 0.2) is 36.5 Å². The topological polar surface area (TPSA) is 135 Å². The van der Waals surface area contributed by atoms with Crippen LogP contribution in [0.25, 0.3) is 0 Å². The minimum absolute atomic E-state index is 0.114. The van der Waals surface area contributed by atoms with E-state index in [-0.39, 0.29) is 19.2 Å². The molecule has 6 atom stereocenters. The van der Waals surface area contributed by atoms with E-state index in [2.05, 4.69) is 50.3 Å². The molecule has 0 aliphatic carbocycles. The number of aliphatic hydroxyl groups excluding tert-OH is 4. The number of carbonyl (C=O) groups excluding carboxylic acids is 1. The Hall–Kier alpha value is -1.59. The standard InChI is InChI=1S/C52H96O9/c1-3-5-7-9-11-13-15-17-19-20-21-22-23-24-25-26-27-29-31-33-35-37-39-41-48(54)60-46(45-59-52-51(57)50(56)49(55)47(43-53)61-52)44-58-42-40-38-36-34-32-30-28-18-16-14-12-10-8-6-4-2/h15,17,20-21,23-24,46-47,49-53,55-57H,3-14,16,18-19,22,25-45H2,1-2H3/b17-15-,21-20-,24-23-. The van der Waals surface area contributed by atoms with Gasteiger partial charge in [0.25, 0.3) is 0 Å². The Balaban J connectivity index is 2.20. The molecule has 9 nitrogen and oxygen atoms in total. The van der Waals surface area contributed by atoms with E-state index in [4.69, 9.17) is 18.9 Å². The second-order valence-corrected chi connectivity index (χ2v) is 17.6. The van der Waals surface area contributed by atoms with Crippen LogP contribution in [-0.4, -0.2) is 89.6 Å². The Morgan fingerprint density at radius 3 is 1.43 bits per heavy atom. The fourth-order valence-corrected chi connectivity index (χ4v) is 7.79. The minimum Gasteiger partial charge on any atom is -0.457 e. The maximum Gasteiger partial charge on any atom is 0.306 e. The van der Waals surface area contributed by atoms with Gasteiger partial charge in [0.15, 0.2) is 6.29 Å². The molecule has 0 aromatic heterocycles. The Labute approximate surface area is 374 Å². The fraction of sp³-hybridized carbons (Fsp3) is 0.865. The number of esters is 1. The number of hydrogen-bond donors (Lipinski definition) is 4. The van der Waals surface area contributed by atoms with Crippen molar-refractivity contribution in [3.63, 3.8) is 0 Å². The number of carbonyl (C=O) groups is 1. The Morgan fingerprint density at radius 2 is 0.951 bits per heavy atom. The van der Waals surface area contributed by atoms with Gasteiger partial charge in [0.05, 0.1) is 19.8 Å². The summed E-state index contributed by atoms with van der Waals surface area (Å²) in [4.78, 5) is 12.8. The molecule has 0 saturated carbocycles. The predicted molar refractivity (Wildman–Crippen MR) is 252 cm³/mol. The maximum atomic E-state index is 12.8. The van der Waals surface area contributed by atoms with E-state index in [1.165, 1.54) is 154 Å². The normalized spacial score (nSPS) is 20.1. The molecule has 1 fully saturated rings. The summed E-state index contributed by atoms with van der Waals surface area (Å²) in [6.45, 7) is 4.57. The second kappa shape index (κ2) is 43.7. The van der Waals surface area contributed by atoms with Crippen LogP contribution >= 0.6 is 0 Å². The van der Waals surface area contributed by atoms with Crippen LogP contribution in [0.5, 0.6) is 0 Å². The summed E-state index contributed by atoms with van der Waals surface area (Å²) in [6, 6.07) is 0. The molecule has 1 rings (SSSR count). The average molecular weight is 865 g/mol. The van der Waals surface area contributed by atoms with Crippen molar-refractivity contribution in [2.75, 3.05) is 26.4 Å². The Kier molecular flexibility index (Phi) is 41.1. The molecule has 1 heterocycles. The Morgan fingerprint density at radius 1 is 0.525 bits per heavy atom. The lowest BCUT2D eigenvalue weighted by Gasteiger charge is -2.39. The first-order valence-corrected chi connectivity index (χ1v) is 25.6. The van der Waals surface area contributed by atoms with Crippen molar-refractivity contribution in [1.82, 2.24) is 0 Å². The Bertz CT molecular complexity index is 1030. The molecule has 1 aliphatic rings. The van der Waals surface area contributed by atoms with Crippen molar-refractivity contribution in [2.45, 2.75) is 263 Å². The average Bonchev–Trinajstić information content (AvgIpc) is 3.26. The van der Waals surface area contributed by atoms with Crippen LogP contribution in [0.3, 0.4) is 0 Å². The highest BCUT2D eigenvalue weighted by molar-refractivity contribution is 5.69. The summed E-state index contributed by atoms with van der Waals surface area (Å²) >= 11 is 0. The van der Waals surface area contributed by atoms with Crippen LogP contribution in [0.1, 0.15) is 226 Å². The van der Waals surface area contributed by atoms with Crippen LogP contribution in [0.2, 0.25) is 0 Å². The van der Waals surface area contributed by atoms with Gasteiger partial charge in [-0.3, -0.25) is 4.79 Å². The molecule has 61 heavy (non-hydrogen) atoms. The summed E-state index contributed by atoms with van der Waals surface area (Å²) in [7, 11) is 0. The molecule has 6 unspecified atom stereocenters. The molecule has 1 aliphatic heterocycles. The van der Waals surface area contributed by atoms with E-state index in [9.17, 15) is 25.2 Å². The summed E-state index contributed by atoms with van der Waals surface area (Å²) in [6.07, 6.45) is 46.0. The predicted octanol–water partition coefficient (Wildman–Crippen LogP) is 12.3. The monoisotopic (exact) mass is 865 g/mol. The molecule has 9 heteroatoms. The highest BCUT2D eigenvalue weighted by Crippen LogP contribution is 2.23. The van der Waals surface area contributed by atoms with Gasteiger partial charge in [-0.2, -0.15) is 0 Å². The van der Waals surface area contributed by atoms with E-state index in [0.717, 1.165) is 51.4 Å². The van der Waals surface area contributed by atoms with Gasteiger partial charge in [0.2, 0.25) is 0 Å². The molecule has 0 spiro atoms. The summed E-state index contributed by atoms with van der Waals surface area (Å²) in [5.41, 5.74) is 0. The molecule has 0 aromatic rings. The third-order valence-corrected chi connectivity index (χ3v) is 11.8. The van der Waals surface area contributed by atoms with Gasteiger partial charge < -0.3 is 39.4 Å². The molecule has 1 saturated heterocycles. The second-order valence-electron chi connectivity index (χ2n) is 17.6. The minimum atomic E-state index is -1.54. The summed E-state index contributed by atoms with van der Waals surface area (Å²) in [5.74, 6) is -0.318. The molecule has 358 valence electrons. The van der Waals surface area contributed by atoms with Gasteiger partial charge in [-0.05, 0) is 51.4 Å². The molecule has 0 aromatic carbocycles. The van der Waals surface area contributed by atoms with Gasteiger partial charge in [-0.25, -0.2) is 0 Å². The van der Waals surface area contributed by atoms with Crippen LogP contribution in [0.4, 0.5) is 0 Å². The van der Waals surface area contributed by atoms with Gasteiger partial charge in [-0.1, -0.05) is 204 Å². The molecular formula is C52H96O9. The van der Waals surface area contributed by atoms with Crippen molar-refractivity contribution in [2.24, 2.45) is 0 Å². The van der Waals surface area contributed by atoms with Gasteiger partial charge >= 0.3 is 5.97 Å². The molecule has 0 amide bonds. The zero-order chi connectivity index (χ0) is 44.3. The van der Waals surface area contributed by atoms with Gasteiger partial charge in [0, 0.05) is 13.0 Å². The van der Waals surface area contributed by atoms with Crippen molar-refractivity contribution >= 4 is 5.97 Å². The number of allylic oxidation sites excluding steroid dienone is 6. The lowest BCUT2D eigenvalue weighted by molar-refractivity contribution is -0.305. The van der Waals surface area contributed by atoms with E-state index in [0.29, 0.717) is 13.0 Å². The first kappa shape index (κ1) is 57.4. The quantitative estimate of drug-likeness (QED) is 0.0268. The molecule has 0 radical (unpaired) electrons. The fourth-order valence-electron chi connectivity index (χ4n) is 7.79. The third-order valence-electron chi connectivity index (χ3n) is 11.8. The third kappa shape index (κ3) is 34.5. The first-order chi connectivity index (χ1) is 29.9. The van der Waals surface area contributed by atoms with Crippen molar-refractivity contribution in [1.29, 1.82) is 0 Å².